The molecule has 21 heavy (non-hydrogen) atoms. The lowest BCUT2D eigenvalue weighted by molar-refractivity contribution is -0.149. The number of rotatable bonds is 3. The zero-order valence-corrected chi connectivity index (χ0v) is 13.0. The summed E-state index contributed by atoms with van der Waals surface area (Å²) >= 11 is 0. The van der Waals surface area contributed by atoms with Gasteiger partial charge in [-0.05, 0) is 50.4 Å². The Morgan fingerprint density at radius 3 is 2.48 bits per heavy atom. The number of likely N-dealkylation sites (tertiary alicyclic amines) is 1. The largest absolute Gasteiger partial charge is 0.481 e. The fourth-order valence-corrected chi connectivity index (χ4v) is 4.88. The van der Waals surface area contributed by atoms with Crippen LogP contribution in [0.25, 0.3) is 0 Å². The molecule has 3 fully saturated rings. The summed E-state index contributed by atoms with van der Waals surface area (Å²) in [6.45, 7) is 3.36. The number of carbonyl (C=O) groups excluding carboxylic acids is 1. The minimum atomic E-state index is -0.685. The second-order valence-electron chi connectivity index (χ2n) is 7.40. The van der Waals surface area contributed by atoms with E-state index < -0.39 is 11.4 Å². The van der Waals surface area contributed by atoms with Gasteiger partial charge in [-0.15, -0.1) is 0 Å². The monoisotopic (exact) mass is 293 g/mol. The number of amides is 1. The minimum Gasteiger partial charge on any atom is -0.481 e. The maximum absolute atomic E-state index is 12.7. The number of fused-ring (bicyclic) bond motifs is 1. The van der Waals surface area contributed by atoms with Gasteiger partial charge in [-0.2, -0.15) is 0 Å². The van der Waals surface area contributed by atoms with E-state index in [-0.39, 0.29) is 17.7 Å². The molecule has 1 saturated heterocycles. The molecular weight excluding hydrogens is 266 g/mol. The Kier molecular flexibility index (Phi) is 3.98. The van der Waals surface area contributed by atoms with Crippen LogP contribution in [0, 0.1) is 23.2 Å². The van der Waals surface area contributed by atoms with E-state index in [1.54, 1.807) is 0 Å². The van der Waals surface area contributed by atoms with Crippen LogP contribution in [-0.4, -0.2) is 35.0 Å². The smallest absolute Gasteiger partial charge is 0.311 e. The number of nitrogens with zero attached hydrogens (tertiary/aromatic N) is 1. The molecule has 1 N–H and O–H groups in total. The Morgan fingerprint density at radius 2 is 1.90 bits per heavy atom. The van der Waals surface area contributed by atoms with Crippen molar-refractivity contribution in [2.24, 2.45) is 23.2 Å². The molecule has 0 radical (unpaired) electrons. The fourth-order valence-electron chi connectivity index (χ4n) is 4.88. The van der Waals surface area contributed by atoms with Crippen LogP contribution in [0.3, 0.4) is 0 Å². The van der Waals surface area contributed by atoms with Crippen LogP contribution in [0.4, 0.5) is 0 Å². The van der Waals surface area contributed by atoms with Gasteiger partial charge in [0.1, 0.15) is 0 Å². The molecule has 4 heteroatoms. The molecule has 0 spiro atoms. The summed E-state index contributed by atoms with van der Waals surface area (Å²) in [7, 11) is 0. The lowest BCUT2D eigenvalue weighted by atomic mass is 9.80. The second kappa shape index (κ2) is 5.62. The average molecular weight is 293 g/mol. The van der Waals surface area contributed by atoms with Gasteiger partial charge in [-0.3, -0.25) is 9.59 Å². The topological polar surface area (TPSA) is 57.6 Å². The lowest BCUT2D eigenvalue weighted by Gasteiger charge is -2.30. The Labute approximate surface area is 126 Å². The lowest BCUT2D eigenvalue weighted by Crippen LogP contribution is -2.40. The highest BCUT2D eigenvalue weighted by molar-refractivity contribution is 5.82. The third-order valence-electron chi connectivity index (χ3n) is 6.38. The standard InChI is InChI=1S/C17H27NO3/c1-2-12-5-7-13(8-6-12)15(19)18-10-14-4-3-9-17(14,11-18)16(20)21/h12-14H,2-11H2,1H3,(H,20,21)/t12?,13?,14-,17+/m0/s1. The molecule has 2 aliphatic carbocycles. The predicted molar refractivity (Wildman–Crippen MR) is 79.7 cm³/mol. The van der Waals surface area contributed by atoms with Crippen LogP contribution in [0.1, 0.15) is 58.3 Å². The first kappa shape index (κ1) is 14.9. The van der Waals surface area contributed by atoms with Gasteiger partial charge in [-0.25, -0.2) is 0 Å². The molecule has 4 nitrogen and oxygen atoms in total. The van der Waals surface area contributed by atoms with E-state index in [4.69, 9.17) is 0 Å². The number of carbonyl (C=O) groups is 2. The first-order valence-electron chi connectivity index (χ1n) is 8.59. The van der Waals surface area contributed by atoms with Crippen LogP contribution in [-0.2, 0) is 9.59 Å². The number of hydrogen-bond donors (Lipinski definition) is 1. The molecule has 2 atom stereocenters. The van der Waals surface area contributed by atoms with E-state index in [9.17, 15) is 14.7 Å². The summed E-state index contributed by atoms with van der Waals surface area (Å²) in [6.07, 6.45) is 8.26. The van der Waals surface area contributed by atoms with Gasteiger partial charge in [0.25, 0.3) is 0 Å². The van der Waals surface area contributed by atoms with Crippen molar-refractivity contribution in [2.75, 3.05) is 13.1 Å². The van der Waals surface area contributed by atoms with Gasteiger partial charge in [-0.1, -0.05) is 19.8 Å². The van der Waals surface area contributed by atoms with Crippen LogP contribution < -0.4 is 0 Å². The van der Waals surface area contributed by atoms with Crippen LogP contribution in [0.2, 0.25) is 0 Å². The first-order valence-corrected chi connectivity index (χ1v) is 8.59. The highest BCUT2D eigenvalue weighted by Gasteiger charge is 2.56. The van der Waals surface area contributed by atoms with E-state index >= 15 is 0 Å². The summed E-state index contributed by atoms with van der Waals surface area (Å²) in [5, 5.41) is 9.61. The Bertz CT molecular complexity index is 428. The number of carboxylic acids is 1. The Hall–Kier alpha value is -1.06. The van der Waals surface area contributed by atoms with Crippen molar-refractivity contribution in [1.82, 2.24) is 4.90 Å². The van der Waals surface area contributed by atoms with Gasteiger partial charge in [0.15, 0.2) is 0 Å². The third-order valence-corrected chi connectivity index (χ3v) is 6.38. The molecule has 3 aliphatic rings. The molecule has 2 saturated carbocycles. The zero-order valence-electron chi connectivity index (χ0n) is 13.0. The average Bonchev–Trinajstić information content (AvgIpc) is 3.04. The second-order valence-corrected chi connectivity index (χ2v) is 7.40. The Balaban J connectivity index is 1.64. The van der Waals surface area contributed by atoms with E-state index in [0.29, 0.717) is 13.1 Å². The molecular formula is C17H27NO3. The van der Waals surface area contributed by atoms with Crippen LogP contribution in [0.15, 0.2) is 0 Å². The van der Waals surface area contributed by atoms with Crippen molar-refractivity contribution < 1.29 is 14.7 Å². The molecule has 1 amide bonds. The van der Waals surface area contributed by atoms with Crippen molar-refractivity contribution in [3.8, 4) is 0 Å². The summed E-state index contributed by atoms with van der Waals surface area (Å²) in [5.41, 5.74) is -0.629. The van der Waals surface area contributed by atoms with E-state index in [2.05, 4.69) is 6.92 Å². The Morgan fingerprint density at radius 1 is 1.19 bits per heavy atom. The van der Waals surface area contributed by atoms with Gasteiger partial charge < -0.3 is 10.0 Å². The van der Waals surface area contributed by atoms with E-state index in [1.165, 1.54) is 6.42 Å². The fraction of sp³-hybridized carbons (Fsp3) is 0.882. The van der Waals surface area contributed by atoms with Gasteiger partial charge in [0.05, 0.1) is 5.41 Å². The maximum Gasteiger partial charge on any atom is 0.311 e. The summed E-state index contributed by atoms with van der Waals surface area (Å²) < 4.78 is 0. The molecule has 3 rings (SSSR count). The summed E-state index contributed by atoms with van der Waals surface area (Å²) in [5.74, 6) is 0.676. The maximum atomic E-state index is 12.7. The van der Waals surface area contributed by atoms with Crippen LogP contribution >= 0.6 is 0 Å². The van der Waals surface area contributed by atoms with Gasteiger partial charge in [0.2, 0.25) is 5.91 Å². The quantitative estimate of drug-likeness (QED) is 0.870. The molecule has 0 aromatic rings. The highest BCUT2D eigenvalue weighted by atomic mass is 16.4. The van der Waals surface area contributed by atoms with E-state index in [1.807, 2.05) is 4.90 Å². The zero-order chi connectivity index (χ0) is 15.0. The molecule has 0 unspecified atom stereocenters. The van der Waals surface area contributed by atoms with Gasteiger partial charge in [0, 0.05) is 19.0 Å². The summed E-state index contributed by atoms with van der Waals surface area (Å²) in [6, 6.07) is 0. The minimum absolute atomic E-state index is 0.150. The van der Waals surface area contributed by atoms with Crippen LogP contribution in [0.5, 0.6) is 0 Å². The molecule has 0 bridgehead atoms. The third kappa shape index (κ3) is 2.47. The van der Waals surface area contributed by atoms with Crippen molar-refractivity contribution in [2.45, 2.75) is 58.3 Å². The van der Waals surface area contributed by atoms with Crippen molar-refractivity contribution in [3.05, 3.63) is 0 Å². The molecule has 1 heterocycles. The highest BCUT2D eigenvalue weighted by Crippen LogP contribution is 2.49. The SMILES string of the molecule is CCC1CCC(C(=O)N2C[C@@H]3CCC[C@@]3(C(=O)O)C2)CC1. The summed E-state index contributed by atoms with van der Waals surface area (Å²) in [4.78, 5) is 26.3. The first-order chi connectivity index (χ1) is 10.1. The van der Waals surface area contributed by atoms with Crippen molar-refractivity contribution >= 4 is 11.9 Å². The predicted octanol–water partition coefficient (Wildman–Crippen LogP) is 2.92. The number of hydrogen-bond acceptors (Lipinski definition) is 2. The molecule has 1 aliphatic heterocycles. The number of carboxylic acid groups (broad SMARTS) is 1. The normalized spacial score (nSPS) is 39.3. The van der Waals surface area contributed by atoms with Crippen molar-refractivity contribution in [1.29, 1.82) is 0 Å². The molecule has 0 aromatic carbocycles. The van der Waals surface area contributed by atoms with E-state index in [0.717, 1.165) is 50.9 Å². The van der Waals surface area contributed by atoms with Crippen molar-refractivity contribution in [3.63, 3.8) is 0 Å². The molecule has 0 aromatic heterocycles. The molecule has 118 valence electrons. The van der Waals surface area contributed by atoms with Gasteiger partial charge >= 0.3 is 5.97 Å². The number of aliphatic carboxylic acids is 1.